The molecule has 1 aromatic rings. The molecule has 0 spiro atoms. The van der Waals surface area contributed by atoms with E-state index in [1.54, 1.807) is 0 Å². The monoisotopic (exact) mass is 234 g/mol. The summed E-state index contributed by atoms with van der Waals surface area (Å²) in [4.78, 5) is 11.6. The van der Waals surface area contributed by atoms with E-state index in [4.69, 9.17) is 9.47 Å². The zero-order valence-corrected chi connectivity index (χ0v) is 10.1. The summed E-state index contributed by atoms with van der Waals surface area (Å²) >= 11 is 0. The minimum atomic E-state index is 0.152. The summed E-state index contributed by atoms with van der Waals surface area (Å²) in [6.45, 7) is 4.16. The number of Topliss-reactive ketones (excluding diaryl/α,β-unsaturated/α-hetero) is 1. The summed E-state index contributed by atoms with van der Waals surface area (Å²) in [7, 11) is 0. The Bertz CT molecular complexity index is 381. The first kappa shape index (κ1) is 12.1. The van der Waals surface area contributed by atoms with Gasteiger partial charge in [0.15, 0.2) is 5.78 Å². The Balaban J connectivity index is 1.93. The van der Waals surface area contributed by atoms with Crippen LogP contribution in [0.25, 0.3) is 0 Å². The minimum Gasteiger partial charge on any atom is -0.493 e. The molecule has 3 heteroatoms. The molecule has 0 N–H and O–H groups in total. The minimum absolute atomic E-state index is 0.152. The van der Waals surface area contributed by atoms with Gasteiger partial charge >= 0.3 is 0 Å². The lowest BCUT2D eigenvalue weighted by atomic mass is 10.1. The average molecular weight is 234 g/mol. The molecule has 0 bridgehead atoms. The second-order valence-electron chi connectivity index (χ2n) is 4.35. The molecule has 1 aromatic carbocycles. The molecule has 0 saturated carbocycles. The number of carbonyl (C=O) groups excluding carboxylic acids is 1. The summed E-state index contributed by atoms with van der Waals surface area (Å²) in [5, 5.41) is 0. The molecule has 3 nitrogen and oxygen atoms in total. The lowest BCUT2D eigenvalue weighted by Gasteiger charge is -2.10. The van der Waals surface area contributed by atoms with Crippen LogP contribution in [0.3, 0.4) is 0 Å². The molecule has 1 saturated heterocycles. The van der Waals surface area contributed by atoms with Crippen LogP contribution in [0.5, 0.6) is 5.75 Å². The van der Waals surface area contributed by atoms with Crippen LogP contribution in [0.15, 0.2) is 24.3 Å². The maximum atomic E-state index is 11.6. The molecule has 2 rings (SSSR count). The number of carbonyl (C=O) groups is 1. The van der Waals surface area contributed by atoms with Gasteiger partial charge in [-0.3, -0.25) is 4.79 Å². The Hall–Kier alpha value is -1.35. The maximum absolute atomic E-state index is 11.6. The number of hydrogen-bond donors (Lipinski definition) is 0. The molecule has 0 amide bonds. The quantitative estimate of drug-likeness (QED) is 0.735. The summed E-state index contributed by atoms with van der Waals surface area (Å²) in [5.41, 5.74) is 0.729. The molecule has 1 fully saturated rings. The first-order chi connectivity index (χ1) is 8.29. The molecule has 1 heterocycles. The Labute approximate surface area is 102 Å². The van der Waals surface area contributed by atoms with Crippen LogP contribution in [0.4, 0.5) is 0 Å². The molecule has 1 aliphatic heterocycles. The molecule has 0 aliphatic carbocycles. The van der Waals surface area contributed by atoms with E-state index < -0.39 is 0 Å². The first-order valence-electron chi connectivity index (χ1n) is 6.13. The van der Waals surface area contributed by atoms with Crippen LogP contribution in [-0.4, -0.2) is 25.6 Å². The highest BCUT2D eigenvalue weighted by atomic mass is 16.5. The highest BCUT2D eigenvalue weighted by molar-refractivity contribution is 5.96. The molecule has 17 heavy (non-hydrogen) atoms. The van der Waals surface area contributed by atoms with Crippen molar-refractivity contribution in [3.8, 4) is 5.75 Å². The average Bonchev–Trinajstić information content (AvgIpc) is 2.89. The normalized spacial score (nSPS) is 19.2. The molecule has 0 radical (unpaired) electrons. The zero-order chi connectivity index (χ0) is 12.1. The number of hydrogen-bond acceptors (Lipinski definition) is 3. The van der Waals surface area contributed by atoms with E-state index in [-0.39, 0.29) is 5.78 Å². The molecular formula is C14H18O3. The van der Waals surface area contributed by atoms with Gasteiger partial charge in [-0.1, -0.05) is 19.1 Å². The van der Waals surface area contributed by atoms with Crippen molar-refractivity contribution in [2.75, 3.05) is 19.8 Å². The van der Waals surface area contributed by atoms with Crippen LogP contribution < -0.4 is 4.74 Å². The van der Waals surface area contributed by atoms with E-state index in [1.165, 1.54) is 0 Å². The molecule has 1 aliphatic rings. The van der Waals surface area contributed by atoms with E-state index in [0.29, 0.717) is 18.9 Å². The third-order valence-electron chi connectivity index (χ3n) is 2.99. The van der Waals surface area contributed by atoms with E-state index in [9.17, 15) is 4.79 Å². The summed E-state index contributed by atoms with van der Waals surface area (Å²) in [6, 6.07) is 7.41. The summed E-state index contributed by atoms with van der Waals surface area (Å²) < 4.78 is 11.0. The van der Waals surface area contributed by atoms with Gasteiger partial charge in [0.2, 0.25) is 0 Å². The smallest absolute Gasteiger partial charge is 0.162 e. The van der Waals surface area contributed by atoms with Gasteiger partial charge in [-0.25, -0.2) is 0 Å². The third kappa shape index (κ3) is 3.30. The van der Waals surface area contributed by atoms with Crippen molar-refractivity contribution < 1.29 is 14.3 Å². The highest BCUT2D eigenvalue weighted by Gasteiger charge is 2.16. The predicted molar refractivity (Wildman–Crippen MR) is 65.5 cm³/mol. The third-order valence-corrected chi connectivity index (χ3v) is 2.99. The Morgan fingerprint density at radius 3 is 3.12 bits per heavy atom. The second-order valence-corrected chi connectivity index (χ2v) is 4.35. The van der Waals surface area contributed by atoms with E-state index in [1.807, 2.05) is 31.2 Å². The second kappa shape index (κ2) is 5.82. The highest BCUT2D eigenvalue weighted by Crippen LogP contribution is 2.18. The lowest BCUT2D eigenvalue weighted by molar-refractivity contribution is 0.0987. The van der Waals surface area contributed by atoms with Gasteiger partial charge in [-0.2, -0.15) is 0 Å². The fraction of sp³-hybridized carbons (Fsp3) is 0.500. The topological polar surface area (TPSA) is 35.5 Å². The number of rotatable bonds is 5. The Morgan fingerprint density at radius 1 is 1.53 bits per heavy atom. The fourth-order valence-corrected chi connectivity index (χ4v) is 1.89. The number of benzene rings is 1. The van der Waals surface area contributed by atoms with Crippen LogP contribution in [0.2, 0.25) is 0 Å². The van der Waals surface area contributed by atoms with Gasteiger partial charge in [0.1, 0.15) is 5.75 Å². The maximum Gasteiger partial charge on any atom is 0.162 e. The zero-order valence-electron chi connectivity index (χ0n) is 10.1. The SMILES string of the molecule is CCC(=O)c1cccc(OCC2CCOC2)c1. The standard InChI is InChI=1S/C14H18O3/c1-2-14(15)12-4-3-5-13(8-12)17-10-11-6-7-16-9-11/h3-5,8,11H,2,6-7,9-10H2,1H3. The molecule has 1 atom stereocenters. The van der Waals surface area contributed by atoms with Crippen molar-refractivity contribution in [1.29, 1.82) is 0 Å². The molecule has 1 unspecified atom stereocenters. The van der Waals surface area contributed by atoms with Crippen molar-refractivity contribution in [2.45, 2.75) is 19.8 Å². The van der Waals surface area contributed by atoms with Crippen molar-refractivity contribution in [3.63, 3.8) is 0 Å². The summed E-state index contributed by atoms with van der Waals surface area (Å²) in [6.07, 6.45) is 1.59. The van der Waals surface area contributed by atoms with Crippen molar-refractivity contribution >= 4 is 5.78 Å². The van der Waals surface area contributed by atoms with Gasteiger partial charge in [0.25, 0.3) is 0 Å². The van der Waals surface area contributed by atoms with Crippen molar-refractivity contribution in [2.24, 2.45) is 5.92 Å². The van der Waals surface area contributed by atoms with Crippen LogP contribution >= 0.6 is 0 Å². The van der Waals surface area contributed by atoms with Crippen LogP contribution in [-0.2, 0) is 4.74 Å². The van der Waals surface area contributed by atoms with Crippen LogP contribution in [0, 0.1) is 5.92 Å². The van der Waals surface area contributed by atoms with Gasteiger partial charge in [0.05, 0.1) is 13.2 Å². The first-order valence-corrected chi connectivity index (χ1v) is 6.13. The van der Waals surface area contributed by atoms with Gasteiger partial charge in [-0.15, -0.1) is 0 Å². The van der Waals surface area contributed by atoms with Crippen LogP contribution in [0.1, 0.15) is 30.1 Å². The van der Waals surface area contributed by atoms with Gasteiger partial charge in [-0.05, 0) is 18.6 Å². The summed E-state index contributed by atoms with van der Waals surface area (Å²) in [5.74, 6) is 1.41. The molecule has 92 valence electrons. The number of ketones is 1. The van der Waals surface area contributed by atoms with E-state index in [2.05, 4.69) is 0 Å². The molecular weight excluding hydrogens is 216 g/mol. The Kier molecular flexibility index (Phi) is 4.15. The fourth-order valence-electron chi connectivity index (χ4n) is 1.89. The number of ether oxygens (including phenoxy) is 2. The van der Waals surface area contributed by atoms with Crippen molar-refractivity contribution in [1.82, 2.24) is 0 Å². The van der Waals surface area contributed by atoms with Gasteiger partial charge < -0.3 is 9.47 Å². The Morgan fingerprint density at radius 2 is 2.41 bits per heavy atom. The van der Waals surface area contributed by atoms with E-state index >= 15 is 0 Å². The van der Waals surface area contributed by atoms with Gasteiger partial charge in [0, 0.05) is 24.5 Å². The largest absolute Gasteiger partial charge is 0.493 e. The predicted octanol–water partition coefficient (Wildman–Crippen LogP) is 2.69. The lowest BCUT2D eigenvalue weighted by Crippen LogP contribution is -2.11. The molecule has 0 aromatic heterocycles. The van der Waals surface area contributed by atoms with E-state index in [0.717, 1.165) is 30.9 Å². The van der Waals surface area contributed by atoms with Crippen molar-refractivity contribution in [3.05, 3.63) is 29.8 Å².